The molecule has 160 valence electrons. The zero-order valence-corrected chi connectivity index (χ0v) is 17.6. The molecular weight excluding hydrogens is 370 g/mol. The van der Waals surface area contributed by atoms with Crippen LogP contribution in [0.4, 0.5) is 0 Å². The zero-order valence-electron chi connectivity index (χ0n) is 17.6. The monoisotopic (exact) mass is 403 g/mol. The number of carbonyl (C=O) groups excluding carboxylic acids is 2. The highest BCUT2D eigenvalue weighted by Crippen LogP contribution is 2.15. The van der Waals surface area contributed by atoms with Crippen LogP contribution in [0.5, 0.6) is 5.75 Å². The summed E-state index contributed by atoms with van der Waals surface area (Å²) in [4.78, 5) is 31.5. The largest absolute Gasteiger partial charge is 0.497 e. The Kier molecular flexibility index (Phi) is 7.89. The maximum Gasteiger partial charge on any atom is 0.239 e. The minimum atomic E-state index is -0.151. The van der Waals surface area contributed by atoms with Gasteiger partial charge < -0.3 is 19.3 Å². The highest BCUT2D eigenvalue weighted by molar-refractivity contribution is 5.81. The summed E-state index contributed by atoms with van der Waals surface area (Å²) in [5.74, 6) is 1.19. The van der Waals surface area contributed by atoms with Crippen LogP contribution in [0.25, 0.3) is 0 Å². The van der Waals surface area contributed by atoms with Gasteiger partial charge in [0.05, 0.1) is 26.4 Å². The molecule has 0 N–H and O–H groups in total. The molecule has 0 aliphatic carbocycles. The van der Waals surface area contributed by atoms with Crippen LogP contribution in [-0.2, 0) is 20.7 Å². The Bertz CT molecular complexity index is 673. The number of rotatable bonds is 6. The van der Waals surface area contributed by atoms with Crippen LogP contribution < -0.4 is 4.74 Å². The molecule has 0 bridgehead atoms. The van der Waals surface area contributed by atoms with Crippen molar-refractivity contribution in [3.05, 3.63) is 29.8 Å². The van der Waals surface area contributed by atoms with Crippen molar-refractivity contribution in [2.75, 3.05) is 59.6 Å². The van der Waals surface area contributed by atoms with Crippen molar-refractivity contribution in [1.29, 1.82) is 0 Å². The number of hydrogen-bond acceptors (Lipinski definition) is 5. The van der Waals surface area contributed by atoms with Gasteiger partial charge in [-0.1, -0.05) is 12.1 Å². The first-order valence-corrected chi connectivity index (χ1v) is 10.6. The molecule has 1 atom stereocenters. The van der Waals surface area contributed by atoms with Gasteiger partial charge in [-0.15, -0.1) is 0 Å². The number of hydrogen-bond donors (Lipinski definition) is 0. The van der Waals surface area contributed by atoms with E-state index in [9.17, 15) is 9.59 Å². The molecule has 2 heterocycles. The Morgan fingerprint density at radius 2 is 1.72 bits per heavy atom. The van der Waals surface area contributed by atoms with Crippen LogP contribution in [0.3, 0.4) is 0 Å². The van der Waals surface area contributed by atoms with Crippen molar-refractivity contribution >= 4 is 11.8 Å². The molecule has 0 radical (unpaired) electrons. The average Bonchev–Trinajstić information content (AvgIpc) is 3.04. The summed E-state index contributed by atoms with van der Waals surface area (Å²) in [6.45, 7) is 7.60. The van der Waals surface area contributed by atoms with Crippen LogP contribution in [-0.4, -0.2) is 92.1 Å². The van der Waals surface area contributed by atoms with Gasteiger partial charge in [-0.3, -0.25) is 14.5 Å². The Balaban J connectivity index is 1.46. The van der Waals surface area contributed by atoms with Crippen molar-refractivity contribution in [2.24, 2.45) is 0 Å². The normalized spacial score (nSPS) is 19.5. The fourth-order valence-electron chi connectivity index (χ4n) is 3.98. The van der Waals surface area contributed by atoms with Crippen LogP contribution >= 0.6 is 0 Å². The highest BCUT2D eigenvalue weighted by atomic mass is 16.5. The van der Waals surface area contributed by atoms with Crippen molar-refractivity contribution in [1.82, 2.24) is 14.7 Å². The summed E-state index contributed by atoms with van der Waals surface area (Å²) in [6, 6.07) is 7.72. The summed E-state index contributed by atoms with van der Waals surface area (Å²) < 4.78 is 10.5. The summed E-state index contributed by atoms with van der Waals surface area (Å²) in [5.41, 5.74) is 1.14. The second kappa shape index (κ2) is 10.6. The van der Waals surface area contributed by atoms with E-state index in [2.05, 4.69) is 4.90 Å². The third-order valence-electron chi connectivity index (χ3n) is 5.90. The molecule has 2 saturated heterocycles. The van der Waals surface area contributed by atoms with Crippen LogP contribution in [0.1, 0.15) is 25.3 Å². The van der Waals surface area contributed by atoms with Crippen LogP contribution in [0.2, 0.25) is 0 Å². The summed E-state index contributed by atoms with van der Waals surface area (Å²) >= 11 is 0. The molecular formula is C22H33N3O4. The molecule has 0 aromatic heterocycles. The molecule has 7 heteroatoms. The summed E-state index contributed by atoms with van der Waals surface area (Å²) in [6.07, 6.45) is 2.14. The minimum Gasteiger partial charge on any atom is -0.497 e. The Morgan fingerprint density at radius 3 is 2.41 bits per heavy atom. The van der Waals surface area contributed by atoms with Crippen molar-refractivity contribution in [3.63, 3.8) is 0 Å². The molecule has 1 aromatic carbocycles. The minimum absolute atomic E-state index is 0.151. The van der Waals surface area contributed by atoms with Crippen molar-refractivity contribution in [3.8, 4) is 5.75 Å². The lowest BCUT2D eigenvalue weighted by molar-refractivity contribution is -0.140. The Hall–Kier alpha value is -2.12. The molecule has 3 rings (SSSR count). The molecule has 2 amide bonds. The molecule has 0 spiro atoms. The number of methoxy groups -OCH3 is 1. The van der Waals surface area contributed by atoms with E-state index in [-0.39, 0.29) is 17.9 Å². The molecule has 29 heavy (non-hydrogen) atoms. The third-order valence-corrected chi connectivity index (χ3v) is 5.90. The van der Waals surface area contributed by atoms with Gasteiger partial charge in [-0.05, 0) is 37.5 Å². The van der Waals surface area contributed by atoms with Gasteiger partial charge in [0, 0.05) is 45.7 Å². The number of carbonyl (C=O) groups is 2. The predicted molar refractivity (Wildman–Crippen MR) is 111 cm³/mol. The van der Waals surface area contributed by atoms with Crippen LogP contribution in [0, 0.1) is 0 Å². The zero-order chi connectivity index (χ0) is 20.6. The fraction of sp³-hybridized carbons (Fsp3) is 0.636. The molecule has 2 aliphatic heterocycles. The third kappa shape index (κ3) is 5.93. The quantitative estimate of drug-likeness (QED) is 0.719. The maximum atomic E-state index is 12.8. The molecule has 1 unspecified atom stereocenters. The van der Waals surface area contributed by atoms with Gasteiger partial charge in [0.1, 0.15) is 5.75 Å². The van der Waals surface area contributed by atoms with Gasteiger partial charge in [-0.2, -0.15) is 0 Å². The van der Waals surface area contributed by atoms with Crippen LogP contribution in [0.15, 0.2) is 24.3 Å². The standard InChI is InChI=1S/C22H33N3O4/c1-18(22(27)25-14-16-29-17-15-25)23-10-3-11-24(13-12-23)21(26)9-6-19-4-7-20(28-2)8-5-19/h4-5,7-8,18H,3,6,9-17H2,1-2H3. The Labute approximate surface area is 173 Å². The van der Waals surface area contributed by atoms with Crippen molar-refractivity contribution < 1.29 is 19.1 Å². The van der Waals surface area contributed by atoms with E-state index < -0.39 is 0 Å². The van der Waals surface area contributed by atoms with E-state index in [1.54, 1.807) is 7.11 Å². The van der Waals surface area contributed by atoms with Gasteiger partial charge in [0.2, 0.25) is 11.8 Å². The Morgan fingerprint density at radius 1 is 1.00 bits per heavy atom. The van der Waals surface area contributed by atoms with E-state index in [1.165, 1.54) is 0 Å². The maximum absolute atomic E-state index is 12.8. The smallest absolute Gasteiger partial charge is 0.239 e. The first-order chi connectivity index (χ1) is 14.1. The molecule has 7 nitrogen and oxygen atoms in total. The average molecular weight is 404 g/mol. The fourth-order valence-corrected chi connectivity index (χ4v) is 3.98. The number of amides is 2. The molecule has 2 fully saturated rings. The van der Waals surface area contributed by atoms with E-state index >= 15 is 0 Å². The lowest BCUT2D eigenvalue weighted by Gasteiger charge is -2.33. The number of ether oxygens (including phenoxy) is 2. The van der Waals surface area contributed by atoms with Gasteiger partial charge in [0.15, 0.2) is 0 Å². The van der Waals surface area contributed by atoms with E-state index in [4.69, 9.17) is 9.47 Å². The summed E-state index contributed by atoms with van der Waals surface area (Å²) in [5, 5.41) is 0. The van der Waals surface area contributed by atoms with E-state index in [0.717, 1.165) is 43.8 Å². The highest BCUT2D eigenvalue weighted by Gasteiger charge is 2.29. The number of benzene rings is 1. The lowest BCUT2D eigenvalue weighted by Crippen LogP contribution is -2.51. The first-order valence-electron chi connectivity index (χ1n) is 10.6. The second-order valence-electron chi connectivity index (χ2n) is 7.73. The number of morpholine rings is 1. The first kappa shape index (κ1) is 21.6. The van der Waals surface area contributed by atoms with E-state index in [0.29, 0.717) is 39.3 Å². The SMILES string of the molecule is COc1ccc(CCC(=O)N2CCCN(C(C)C(=O)N3CCOCC3)CC2)cc1. The predicted octanol–water partition coefficient (Wildman–Crippen LogP) is 1.41. The van der Waals surface area contributed by atoms with E-state index in [1.807, 2.05) is 41.0 Å². The second-order valence-corrected chi connectivity index (χ2v) is 7.73. The number of nitrogens with zero attached hydrogens (tertiary/aromatic N) is 3. The molecule has 1 aromatic rings. The number of aryl methyl sites for hydroxylation is 1. The van der Waals surface area contributed by atoms with Crippen molar-refractivity contribution in [2.45, 2.75) is 32.2 Å². The summed E-state index contributed by atoms with van der Waals surface area (Å²) in [7, 11) is 1.65. The molecule has 0 saturated carbocycles. The van der Waals surface area contributed by atoms with Gasteiger partial charge in [0.25, 0.3) is 0 Å². The molecule has 2 aliphatic rings. The van der Waals surface area contributed by atoms with Gasteiger partial charge >= 0.3 is 0 Å². The van der Waals surface area contributed by atoms with Gasteiger partial charge in [-0.25, -0.2) is 0 Å². The topological polar surface area (TPSA) is 62.3 Å². The lowest BCUT2D eigenvalue weighted by atomic mass is 10.1.